The maximum Gasteiger partial charge on any atom is 0.317 e. The molecule has 1 saturated carbocycles. The molecule has 1 saturated heterocycles. The molecule has 1 heterocycles. The first kappa shape index (κ1) is 11.7. The Morgan fingerprint density at radius 2 is 1.88 bits per heavy atom. The summed E-state index contributed by atoms with van der Waals surface area (Å²) in [5.74, 6) is 0. The summed E-state index contributed by atoms with van der Waals surface area (Å²) in [6, 6.07) is 1.04. The highest BCUT2D eigenvalue weighted by atomic mass is 16.5. The third-order valence-electron chi connectivity index (χ3n) is 3.29. The second kappa shape index (κ2) is 5.53. The Morgan fingerprint density at radius 1 is 1.25 bits per heavy atom. The highest BCUT2D eigenvalue weighted by molar-refractivity contribution is 5.75. The van der Waals surface area contributed by atoms with Crippen molar-refractivity contribution >= 4 is 6.03 Å². The van der Waals surface area contributed by atoms with Gasteiger partial charge in [0.05, 0.1) is 0 Å². The highest BCUT2D eigenvalue weighted by Gasteiger charge is 2.37. The number of rotatable bonds is 4. The van der Waals surface area contributed by atoms with Gasteiger partial charge in [0.2, 0.25) is 0 Å². The molecule has 2 fully saturated rings. The number of carbonyl (C=O) groups is 1. The molecule has 0 spiro atoms. The first-order valence-corrected chi connectivity index (χ1v) is 6.47. The van der Waals surface area contributed by atoms with Crippen LogP contribution >= 0.6 is 0 Å². The van der Waals surface area contributed by atoms with E-state index in [-0.39, 0.29) is 6.03 Å². The Labute approximate surface area is 97.3 Å². The monoisotopic (exact) mass is 226 g/mol. The SMILES string of the molecule is CCCNC(=O)N(C1CCOCC1)C1CC1. The van der Waals surface area contributed by atoms with Crippen molar-refractivity contribution in [2.24, 2.45) is 0 Å². The molecular formula is C12H22N2O2. The van der Waals surface area contributed by atoms with E-state index < -0.39 is 0 Å². The van der Waals surface area contributed by atoms with Crippen molar-refractivity contribution in [1.29, 1.82) is 0 Å². The van der Waals surface area contributed by atoms with Gasteiger partial charge < -0.3 is 15.0 Å². The highest BCUT2D eigenvalue weighted by Crippen LogP contribution is 2.31. The van der Waals surface area contributed by atoms with Crippen molar-refractivity contribution in [2.45, 2.75) is 51.1 Å². The number of hydrogen-bond donors (Lipinski definition) is 1. The summed E-state index contributed by atoms with van der Waals surface area (Å²) in [7, 11) is 0. The zero-order valence-electron chi connectivity index (χ0n) is 10.1. The van der Waals surface area contributed by atoms with E-state index in [1.54, 1.807) is 0 Å². The van der Waals surface area contributed by atoms with Crippen molar-refractivity contribution in [3.63, 3.8) is 0 Å². The van der Waals surface area contributed by atoms with Crippen LogP contribution in [0.5, 0.6) is 0 Å². The lowest BCUT2D eigenvalue weighted by atomic mass is 10.1. The summed E-state index contributed by atoms with van der Waals surface area (Å²) < 4.78 is 5.35. The molecule has 2 aliphatic rings. The molecule has 4 nitrogen and oxygen atoms in total. The maximum absolute atomic E-state index is 12.1. The van der Waals surface area contributed by atoms with Crippen LogP contribution in [0.3, 0.4) is 0 Å². The van der Waals surface area contributed by atoms with E-state index in [0.29, 0.717) is 12.1 Å². The van der Waals surface area contributed by atoms with Crippen LogP contribution in [0.4, 0.5) is 4.79 Å². The molecule has 2 amide bonds. The van der Waals surface area contributed by atoms with Crippen LogP contribution in [0.25, 0.3) is 0 Å². The van der Waals surface area contributed by atoms with Crippen LogP contribution in [-0.2, 0) is 4.74 Å². The molecule has 1 aliphatic carbocycles. The van der Waals surface area contributed by atoms with E-state index in [1.165, 1.54) is 12.8 Å². The summed E-state index contributed by atoms with van der Waals surface area (Å²) in [5.41, 5.74) is 0. The van der Waals surface area contributed by atoms with Gasteiger partial charge in [0.1, 0.15) is 0 Å². The van der Waals surface area contributed by atoms with Gasteiger partial charge in [-0.25, -0.2) is 4.79 Å². The second-order valence-electron chi connectivity index (χ2n) is 4.71. The molecule has 4 heteroatoms. The van der Waals surface area contributed by atoms with Gasteiger partial charge in [-0.2, -0.15) is 0 Å². The molecule has 0 aromatic heterocycles. The van der Waals surface area contributed by atoms with Gasteiger partial charge in [-0.05, 0) is 32.1 Å². The number of ether oxygens (including phenoxy) is 1. The normalized spacial score (nSPS) is 21.8. The minimum Gasteiger partial charge on any atom is -0.381 e. The lowest BCUT2D eigenvalue weighted by Crippen LogP contribution is -2.49. The zero-order valence-corrected chi connectivity index (χ0v) is 10.1. The molecule has 1 N–H and O–H groups in total. The number of urea groups is 1. The Balaban J connectivity index is 1.90. The van der Waals surface area contributed by atoms with Crippen LogP contribution in [0.1, 0.15) is 39.0 Å². The summed E-state index contributed by atoms with van der Waals surface area (Å²) in [5, 5.41) is 3.00. The van der Waals surface area contributed by atoms with E-state index >= 15 is 0 Å². The predicted molar refractivity (Wildman–Crippen MR) is 62.4 cm³/mol. The Bertz CT molecular complexity index is 235. The second-order valence-corrected chi connectivity index (χ2v) is 4.71. The molecule has 0 aromatic rings. The number of nitrogens with one attached hydrogen (secondary N) is 1. The molecule has 0 aromatic carbocycles. The van der Waals surface area contributed by atoms with Crippen LogP contribution in [0.2, 0.25) is 0 Å². The molecule has 1 aliphatic heterocycles. The molecule has 92 valence electrons. The van der Waals surface area contributed by atoms with Gasteiger partial charge in [0, 0.05) is 31.8 Å². The molecule has 0 atom stereocenters. The van der Waals surface area contributed by atoms with Gasteiger partial charge in [0.25, 0.3) is 0 Å². The maximum atomic E-state index is 12.1. The van der Waals surface area contributed by atoms with Gasteiger partial charge >= 0.3 is 6.03 Å². The van der Waals surface area contributed by atoms with E-state index in [1.807, 2.05) is 0 Å². The van der Waals surface area contributed by atoms with Crippen LogP contribution in [0, 0.1) is 0 Å². The minimum atomic E-state index is 0.135. The van der Waals surface area contributed by atoms with Crippen LogP contribution < -0.4 is 5.32 Å². The topological polar surface area (TPSA) is 41.6 Å². The number of hydrogen-bond acceptors (Lipinski definition) is 2. The van der Waals surface area contributed by atoms with Gasteiger partial charge in [0.15, 0.2) is 0 Å². The fourth-order valence-electron chi connectivity index (χ4n) is 2.27. The van der Waals surface area contributed by atoms with E-state index in [2.05, 4.69) is 17.1 Å². The first-order valence-electron chi connectivity index (χ1n) is 6.47. The first-order chi connectivity index (χ1) is 7.83. The molecule has 2 rings (SSSR count). The molecule has 0 unspecified atom stereocenters. The lowest BCUT2D eigenvalue weighted by molar-refractivity contribution is 0.0437. The fourth-order valence-corrected chi connectivity index (χ4v) is 2.27. The third kappa shape index (κ3) is 2.88. The zero-order chi connectivity index (χ0) is 11.4. The average molecular weight is 226 g/mol. The van der Waals surface area contributed by atoms with Crippen molar-refractivity contribution in [2.75, 3.05) is 19.8 Å². The van der Waals surface area contributed by atoms with Crippen molar-refractivity contribution in [1.82, 2.24) is 10.2 Å². The van der Waals surface area contributed by atoms with Crippen LogP contribution in [-0.4, -0.2) is 42.8 Å². The van der Waals surface area contributed by atoms with E-state index in [9.17, 15) is 4.79 Å². The van der Waals surface area contributed by atoms with E-state index in [0.717, 1.165) is 39.0 Å². The summed E-state index contributed by atoms with van der Waals surface area (Å²) in [6.07, 6.45) is 5.35. The molecular weight excluding hydrogens is 204 g/mol. The number of amides is 2. The molecule has 0 radical (unpaired) electrons. The average Bonchev–Trinajstić information content (AvgIpc) is 3.12. The summed E-state index contributed by atoms with van der Waals surface area (Å²) >= 11 is 0. The fraction of sp³-hybridized carbons (Fsp3) is 0.917. The summed E-state index contributed by atoms with van der Waals surface area (Å²) in [6.45, 7) is 4.46. The quantitative estimate of drug-likeness (QED) is 0.793. The van der Waals surface area contributed by atoms with Gasteiger partial charge in [-0.3, -0.25) is 0 Å². The van der Waals surface area contributed by atoms with Crippen LogP contribution in [0.15, 0.2) is 0 Å². The van der Waals surface area contributed by atoms with Crippen molar-refractivity contribution < 1.29 is 9.53 Å². The predicted octanol–water partition coefficient (Wildman–Crippen LogP) is 1.75. The Hall–Kier alpha value is -0.770. The largest absolute Gasteiger partial charge is 0.381 e. The summed E-state index contributed by atoms with van der Waals surface area (Å²) in [4.78, 5) is 14.1. The van der Waals surface area contributed by atoms with Crippen molar-refractivity contribution in [3.05, 3.63) is 0 Å². The smallest absolute Gasteiger partial charge is 0.317 e. The molecule has 0 bridgehead atoms. The standard InChI is InChI=1S/C12H22N2O2/c1-2-7-13-12(15)14(10-3-4-10)11-5-8-16-9-6-11/h10-11H,2-9H2,1H3,(H,13,15). The lowest BCUT2D eigenvalue weighted by Gasteiger charge is -2.34. The Morgan fingerprint density at radius 3 is 2.44 bits per heavy atom. The number of carbonyl (C=O) groups excluding carboxylic acids is 1. The minimum absolute atomic E-state index is 0.135. The number of nitrogens with zero attached hydrogens (tertiary/aromatic N) is 1. The van der Waals surface area contributed by atoms with Gasteiger partial charge in [-0.1, -0.05) is 6.92 Å². The van der Waals surface area contributed by atoms with Crippen molar-refractivity contribution in [3.8, 4) is 0 Å². The van der Waals surface area contributed by atoms with E-state index in [4.69, 9.17) is 4.74 Å². The third-order valence-corrected chi connectivity index (χ3v) is 3.29. The Kier molecular flexibility index (Phi) is 4.04. The molecule has 16 heavy (non-hydrogen) atoms. The van der Waals surface area contributed by atoms with Gasteiger partial charge in [-0.15, -0.1) is 0 Å².